The number of para-hydroxylation sites is 1. The molecule has 8 nitrogen and oxygen atoms in total. The molecule has 33 heavy (non-hydrogen) atoms. The molecule has 3 aromatic rings. The van der Waals surface area contributed by atoms with Crippen LogP contribution in [0.25, 0.3) is 10.9 Å². The van der Waals surface area contributed by atoms with Gasteiger partial charge in [-0.05, 0) is 24.3 Å². The summed E-state index contributed by atoms with van der Waals surface area (Å²) in [6.07, 6.45) is 0.217. The van der Waals surface area contributed by atoms with Crippen molar-refractivity contribution in [2.24, 2.45) is 10.1 Å². The Bertz CT molecular complexity index is 1250. The summed E-state index contributed by atoms with van der Waals surface area (Å²) in [4.78, 5) is 27.1. The summed E-state index contributed by atoms with van der Waals surface area (Å²) in [6.45, 7) is 3.08. The first-order valence-corrected chi connectivity index (χ1v) is 10.5. The van der Waals surface area contributed by atoms with Gasteiger partial charge in [-0.15, -0.1) is 12.4 Å². The molecule has 0 aliphatic carbocycles. The molecule has 1 amide bonds. The maximum absolute atomic E-state index is 13.9. The molecule has 1 fully saturated rings. The number of rotatable bonds is 5. The molecule has 2 aromatic carbocycles. The zero-order chi connectivity index (χ0) is 22.1. The van der Waals surface area contributed by atoms with Crippen LogP contribution in [0, 0.1) is 5.82 Å². The number of halogens is 2. The average molecular weight is 472 g/mol. The molecule has 0 spiro atoms. The third-order valence-corrected chi connectivity index (χ3v) is 5.63. The Morgan fingerprint density at radius 1 is 1.21 bits per heavy atom. The molecule has 1 saturated heterocycles. The Kier molecular flexibility index (Phi) is 6.62. The van der Waals surface area contributed by atoms with Crippen molar-refractivity contribution in [2.75, 3.05) is 32.8 Å². The molecule has 10 heteroatoms. The van der Waals surface area contributed by atoms with E-state index in [4.69, 9.17) is 4.84 Å². The number of hydrogen-bond acceptors (Lipinski definition) is 6. The van der Waals surface area contributed by atoms with Crippen LogP contribution < -0.4 is 5.32 Å². The summed E-state index contributed by atoms with van der Waals surface area (Å²) in [5.74, 6) is -0.522. The number of piperazine rings is 1. The first-order valence-electron chi connectivity index (χ1n) is 10.5. The van der Waals surface area contributed by atoms with E-state index in [1.54, 1.807) is 6.07 Å². The number of carbonyl (C=O) groups is 1. The second-order valence-corrected chi connectivity index (χ2v) is 7.67. The van der Waals surface area contributed by atoms with E-state index in [1.165, 1.54) is 12.1 Å². The van der Waals surface area contributed by atoms with E-state index in [-0.39, 0.29) is 37.2 Å². The lowest BCUT2D eigenvalue weighted by molar-refractivity contribution is -0.132. The van der Waals surface area contributed by atoms with E-state index < -0.39 is 5.82 Å². The van der Waals surface area contributed by atoms with Crippen molar-refractivity contribution in [2.45, 2.75) is 6.42 Å². The number of H-pyrrole nitrogens is 1. The Labute approximate surface area is 195 Å². The third-order valence-electron chi connectivity index (χ3n) is 5.63. The van der Waals surface area contributed by atoms with Crippen molar-refractivity contribution in [3.05, 3.63) is 59.4 Å². The monoisotopic (exact) mass is 471 g/mol. The van der Waals surface area contributed by atoms with E-state index in [2.05, 4.69) is 20.4 Å². The van der Waals surface area contributed by atoms with E-state index in [0.29, 0.717) is 46.7 Å². The third kappa shape index (κ3) is 4.42. The van der Waals surface area contributed by atoms with Crippen molar-refractivity contribution >= 4 is 46.3 Å². The highest BCUT2D eigenvalue weighted by molar-refractivity contribution is 6.58. The first kappa shape index (κ1) is 22.8. The minimum atomic E-state index is -0.421. The second kappa shape index (κ2) is 9.60. The molecule has 1 aromatic heterocycles. The molecule has 2 aliphatic rings. The number of amides is 1. The van der Waals surface area contributed by atoms with Crippen LogP contribution in [0.3, 0.4) is 0 Å². The Morgan fingerprint density at radius 2 is 2.00 bits per heavy atom. The predicted molar refractivity (Wildman–Crippen MR) is 126 cm³/mol. The highest BCUT2D eigenvalue weighted by atomic mass is 35.5. The molecule has 2 aliphatic heterocycles. The molecule has 0 radical (unpaired) electrons. The molecule has 0 bridgehead atoms. The highest BCUT2D eigenvalue weighted by Gasteiger charge is 2.29. The molecule has 0 saturated carbocycles. The quantitative estimate of drug-likeness (QED) is 0.393. The number of aromatic hydroxyl groups is 1. The summed E-state index contributed by atoms with van der Waals surface area (Å²) in [5.41, 5.74) is 3.16. The van der Waals surface area contributed by atoms with Crippen molar-refractivity contribution in [3.8, 4) is 5.88 Å². The fourth-order valence-corrected chi connectivity index (χ4v) is 4.04. The largest absolute Gasteiger partial charge is 0.494 e. The summed E-state index contributed by atoms with van der Waals surface area (Å²) in [6, 6.07) is 11.6. The molecule has 0 unspecified atom stereocenters. The number of nitrogens with zero attached hydrogens (tertiary/aromatic N) is 3. The Balaban J connectivity index is 0.00000259. The number of oxime groups is 1. The van der Waals surface area contributed by atoms with Crippen molar-refractivity contribution < 1.29 is 19.1 Å². The summed E-state index contributed by atoms with van der Waals surface area (Å²) >= 11 is 0. The lowest BCUT2D eigenvalue weighted by Crippen LogP contribution is -2.46. The van der Waals surface area contributed by atoms with Crippen LogP contribution in [0.4, 0.5) is 10.1 Å². The minimum absolute atomic E-state index is 0. The molecule has 3 heterocycles. The lowest BCUT2D eigenvalue weighted by Gasteiger charge is -2.27. The van der Waals surface area contributed by atoms with Crippen molar-refractivity contribution in [1.82, 2.24) is 15.2 Å². The molecular formula is C23H23ClFN5O3. The van der Waals surface area contributed by atoms with Gasteiger partial charge in [0.1, 0.15) is 23.8 Å². The van der Waals surface area contributed by atoms with Gasteiger partial charge in [-0.2, -0.15) is 0 Å². The van der Waals surface area contributed by atoms with Gasteiger partial charge >= 0.3 is 0 Å². The van der Waals surface area contributed by atoms with Gasteiger partial charge in [0.2, 0.25) is 5.91 Å². The van der Waals surface area contributed by atoms with E-state index in [0.717, 1.165) is 18.7 Å². The highest BCUT2D eigenvalue weighted by Crippen LogP contribution is 2.35. The lowest BCUT2D eigenvalue weighted by atomic mass is 10.0. The number of fused-ring (bicyclic) bond motifs is 2. The van der Waals surface area contributed by atoms with Gasteiger partial charge in [0, 0.05) is 42.6 Å². The topological polar surface area (TPSA) is 102 Å². The van der Waals surface area contributed by atoms with Gasteiger partial charge < -0.3 is 25.1 Å². The fraction of sp³-hybridized carbons (Fsp3) is 0.261. The second-order valence-electron chi connectivity index (χ2n) is 7.67. The zero-order valence-corrected chi connectivity index (χ0v) is 18.5. The SMILES string of the molecule is Cl.O=C(CCO/N=C1/C(c2c(O)[nH]c3ccc(F)cc23)=Nc2ccccc21)N1CCNCC1. The predicted octanol–water partition coefficient (Wildman–Crippen LogP) is 3.11. The smallest absolute Gasteiger partial charge is 0.226 e. The van der Waals surface area contributed by atoms with Gasteiger partial charge in [-0.25, -0.2) is 9.38 Å². The van der Waals surface area contributed by atoms with Crippen LogP contribution in [-0.4, -0.2) is 65.1 Å². The van der Waals surface area contributed by atoms with E-state index in [9.17, 15) is 14.3 Å². The molecule has 0 atom stereocenters. The van der Waals surface area contributed by atoms with E-state index in [1.807, 2.05) is 29.2 Å². The van der Waals surface area contributed by atoms with Gasteiger partial charge in [-0.3, -0.25) is 4.79 Å². The van der Waals surface area contributed by atoms with Crippen LogP contribution in [0.15, 0.2) is 52.6 Å². The minimum Gasteiger partial charge on any atom is -0.494 e. The van der Waals surface area contributed by atoms with Gasteiger partial charge in [0.25, 0.3) is 0 Å². The molecule has 5 rings (SSSR count). The number of nitrogens with one attached hydrogen (secondary N) is 2. The molecule has 172 valence electrons. The summed E-state index contributed by atoms with van der Waals surface area (Å²) < 4.78 is 13.9. The number of aromatic amines is 1. The van der Waals surface area contributed by atoms with Crippen molar-refractivity contribution in [1.29, 1.82) is 0 Å². The van der Waals surface area contributed by atoms with Crippen molar-refractivity contribution in [3.63, 3.8) is 0 Å². The van der Waals surface area contributed by atoms with Gasteiger partial charge in [0.05, 0.1) is 17.7 Å². The number of hydrogen-bond donors (Lipinski definition) is 3. The van der Waals surface area contributed by atoms with E-state index >= 15 is 0 Å². The van der Waals surface area contributed by atoms with Crippen LogP contribution in [0.1, 0.15) is 17.5 Å². The van der Waals surface area contributed by atoms with Crippen LogP contribution in [0.5, 0.6) is 5.88 Å². The van der Waals surface area contributed by atoms with Crippen LogP contribution >= 0.6 is 12.4 Å². The standard InChI is InChI=1S/C23H22FN5O3.ClH/c24-14-5-6-18-16(13-14)20(23(31)27-18)22-21(15-3-1-2-4-17(15)26-22)28-32-12-7-19(30)29-10-8-25-9-11-29;/h1-6,13,25,27,31H,7-12H2;1H/b28-21+;. The normalized spacial score (nSPS) is 16.5. The fourth-order valence-electron chi connectivity index (χ4n) is 4.04. The number of aliphatic imine (C=N–C) groups is 1. The van der Waals surface area contributed by atoms with Gasteiger partial charge in [0.15, 0.2) is 5.88 Å². The number of carbonyl (C=O) groups excluding carboxylic acids is 1. The molecule has 3 N–H and O–H groups in total. The number of benzene rings is 2. The first-order chi connectivity index (χ1) is 15.6. The Morgan fingerprint density at radius 3 is 2.82 bits per heavy atom. The average Bonchev–Trinajstić information content (AvgIpc) is 3.33. The Hall–Kier alpha value is -3.43. The maximum Gasteiger partial charge on any atom is 0.226 e. The zero-order valence-electron chi connectivity index (χ0n) is 17.7. The molecular weight excluding hydrogens is 449 g/mol. The van der Waals surface area contributed by atoms with Crippen LogP contribution in [-0.2, 0) is 9.63 Å². The summed E-state index contributed by atoms with van der Waals surface area (Å²) in [7, 11) is 0. The maximum atomic E-state index is 13.9. The van der Waals surface area contributed by atoms with Crippen LogP contribution in [0.2, 0.25) is 0 Å². The van der Waals surface area contributed by atoms with Gasteiger partial charge in [-0.1, -0.05) is 23.4 Å². The summed E-state index contributed by atoms with van der Waals surface area (Å²) in [5, 5.41) is 18.5. The number of aromatic nitrogens is 1.